The van der Waals surface area contributed by atoms with Gasteiger partial charge in [0.1, 0.15) is 16.4 Å². The Bertz CT molecular complexity index is 1280. The molecule has 1 aliphatic heterocycles. The zero-order valence-electron chi connectivity index (χ0n) is 20.1. The first-order valence-corrected chi connectivity index (χ1v) is 12.4. The summed E-state index contributed by atoms with van der Waals surface area (Å²) in [5.41, 5.74) is 1.55. The number of hydrogen-bond donors (Lipinski definition) is 0. The van der Waals surface area contributed by atoms with Crippen LogP contribution in [0.4, 0.5) is 5.82 Å². The van der Waals surface area contributed by atoms with Crippen molar-refractivity contribution in [2.75, 3.05) is 59.5 Å². The lowest BCUT2D eigenvalue weighted by molar-refractivity contribution is 0.355. The first kappa shape index (κ1) is 24.6. The van der Waals surface area contributed by atoms with Crippen LogP contribution in [0.15, 0.2) is 53.4 Å². The molecule has 1 aromatic heterocycles. The number of piperazine rings is 1. The van der Waals surface area contributed by atoms with E-state index in [-0.39, 0.29) is 10.6 Å². The Kier molecular flexibility index (Phi) is 7.27. The molecule has 0 atom stereocenters. The van der Waals surface area contributed by atoms with Crippen molar-refractivity contribution < 1.29 is 27.4 Å². The summed E-state index contributed by atoms with van der Waals surface area (Å²) in [6.07, 6.45) is 0. The van der Waals surface area contributed by atoms with Crippen LogP contribution < -0.4 is 23.8 Å². The lowest BCUT2D eigenvalue weighted by Gasteiger charge is -2.34. The molecule has 10 nitrogen and oxygen atoms in total. The molecule has 0 radical (unpaired) electrons. The molecule has 2 heterocycles. The summed E-state index contributed by atoms with van der Waals surface area (Å²) >= 11 is 0. The molecule has 3 aromatic rings. The highest BCUT2D eigenvalue weighted by Gasteiger charge is 2.31. The van der Waals surface area contributed by atoms with E-state index >= 15 is 0 Å². The fourth-order valence-corrected chi connectivity index (χ4v) is 5.49. The number of methoxy groups -OCH3 is 4. The highest BCUT2D eigenvalue weighted by atomic mass is 32.2. The summed E-state index contributed by atoms with van der Waals surface area (Å²) < 4.78 is 49.1. The van der Waals surface area contributed by atoms with E-state index in [9.17, 15) is 8.42 Å². The van der Waals surface area contributed by atoms with Crippen LogP contribution in [0.5, 0.6) is 23.0 Å². The van der Waals surface area contributed by atoms with E-state index < -0.39 is 10.0 Å². The van der Waals surface area contributed by atoms with Gasteiger partial charge in [0, 0.05) is 37.8 Å². The molecular weight excluding hydrogens is 472 g/mol. The summed E-state index contributed by atoms with van der Waals surface area (Å²) in [6.45, 7) is 1.61. The van der Waals surface area contributed by atoms with Gasteiger partial charge in [-0.3, -0.25) is 0 Å². The predicted octanol–water partition coefficient (Wildman–Crippen LogP) is 2.69. The third kappa shape index (κ3) is 4.96. The topological polar surface area (TPSA) is 103 Å². The van der Waals surface area contributed by atoms with Crippen molar-refractivity contribution in [1.82, 2.24) is 14.5 Å². The van der Waals surface area contributed by atoms with Gasteiger partial charge >= 0.3 is 0 Å². The van der Waals surface area contributed by atoms with E-state index in [4.69, 9.17) is 18.9 Å². The Hall–Kier alpha value is -3.57. The highest BCUT2D eigenvalue weighted by molar-refractivity contribution is 7.89. The Morgan fingerprint density at radius 1 is 0.714 bits per heavy atom. The van der Waals surface area contributed by atoms with Gasteiger partial charge in [-0.25, -0.2) is 8.42 Å². The number of hydrogen-bond acceptors (Lipinski definition) is 9. The summed E-state index contributed by atoms with van der Waals surface area (Å²) in [5.74, 6) is 2.72. The van der Waals surface area contributed by atoms with Gasteiger partial charge < -0.3 is 23.8 Å². The molecule has 35 heavy (non-hydrogen) atoms. The second-order valence-electron chi connectivity index (χ2n) is 7.75. The van der Waals surface area contributed by atoms with E-state index in [1.807, 2.05) is 35.2 Å². The maximum atomic E-state index is 13.2. The minimum Gasteiger partial charge on any atom is -0.497 e. The van der Waals surface area contributed by atoms with Crippen molar-refractivity contribution in [2.45, 2.75) is 4.90 Å². The van der Waals surface area contributed by atoms with Gasteiger partial charge in [-0.05, 0) is 42.5 Å². The van der Waals surface area contributed by atoms with Gasteiger partial charge in [-0.15, -0.1) is 10.2 Å². The SMILES string of the molecule is COc1ccc(S(=O)(=O)N2CCN(c3ccc(-c4ccc(OC)c(OC)c4)nn3)CC2)c(OC)c1. The first-order chi connectivity index (χ1) is 16.9. The molecule has 0 amide bonds. The zero-order valence-corrected chi connectivity index (χ0v) is 20.9. The van der Waals surface area contributed by atoms with E-state index in [1.165, 1.54) is 24.6 Å². The van der Waals surface area contributed by atoms with Crippen LogP contribution in [0.25, 0.3) is 11.3 Å². The maximum absolute atomic E-state index is 13.2. The van der Waals surface area contributed by atoms with Crippen LogP contribution in [0, 0.1) is 0 Å². The van der Waals surface area contributed by atoms with Gasteiger partial charge in [0.05, 0.1) is 34.1 Å². The van der Waals surface area contributed by atoms with Crippen LogP contribution in [0.3, 0.4) is 0 Å². The maximum Gasteiger partial charge on any atom is 0.246 e. The van der Waals surface area contributed by atoms with Crippen LogP contribution in [-0.4, -0.2) is 77.5 Å². The molecule has 186 valence electrons. The molecule has 4 rings (SSSR count). The number of rotatable bonds is 8. The van der Waals surface area contributed by atoms with E-state index in [0.717, 1.165) is 5.56 Å². The molecule has 0 spiro atoms. The van der Waals surface area contributed by atoms with Crippen molar-refractivity contribution in [3.05, 3.63) is 48.5 Å². The smallest absolute Gasteiger partial charge is 0.246 e. The summed E-state index contributed by atoms with van der Waals surface area (Å²) in [7, 11) is 2.41. The first-order valence-electron chi connectivity index (χ1n) is 10.9. The molecule has 0 saturated carbocycles. The molecule has 0 bridgehead atoms. The molecule has 1 aliphatic rings. The van der Waals surface area contributed by atoms with Crippen LogP contribution in [0.1, 0.15) is 0 Å². The van der Waals surface area contributed by atoms with E-state index in [2.05, 4.69) is 10.2 Å². The standard InChI is InChI=1S/C24H28N4O6S/c1-31-18-6-9-23(22(16-18)34-4)35(29,30)28-13-11-27(12-14-28)24-10-7-19(25-26-24)17-5-8-20(32-2)21(15-17)33-3/h5-10,15-16H,11-14H2,1-4H3. The quantitative estimate of drug-likeness (QED) is 0.462. The average Bonchev–Trinajstić information content (AvgIpc) is 2.92. The highest BCUT2D eigenvalue weighted by Crippen LogP contribution is 2.33. The lowest BCUT2D eigenvalue weighted by atomic mass is 10.1. The van der Waals surface area contributed by atoms with Crippen molar-refractivity contribution in [2.24, 2.45) is 0 Å². The van der Waals surface area contributed by atoms with Crippen molar-refractivity contribution in [1.29, 1.82) is 0 Å². The molecule has 2 aromatic carbocycles. The van der Waals surface area contributed by atoms with Gasteiger partial charge in [0.25, 0.3) is 0 Å². The molecule has 1 saturated heterocycles. The Balaban J connectivity index is 1.45. The number of benzene rings is 2. The number of anilines is 1. The Labute approximate surface area is 205 Å². The fraction of sp³-hybridized carbons (Fsp3) is 0.333. The largest absolute Gasteiger partial charge is 0.497 e. The van der Waals surface area contributed by atoms with Gasteiger partial charge in [-0.2, -0.15) is 4.31 Å². The second-order valence-corrected chi connectivity index (χ2v) is 9.66. The van der Waals surface area contributed by atoms with Crippen LogP contribution in [-0.2, 0) is 10.0 Å². The molecule has 0 N–H and O–H groups in total. The second kappa shape index (κ2) is 10.4. The van der Waals surface area contributed by atoms with Gasteiger partial charge in [-0.1, -0.05) is 0 Å². The number of ether oxygens (including phenoxy) is 4. The third-order valence-electron chi connectivity index (χ3n) is 5.88. The molecule has 1 fully saturated rings. The zero-order chi connectivity index (χ0) is 25.0. The van der Waals surface area contributed by atoms with Gasteiger partial charge in [0.2, 0.25) is 10.0 Å². The Morgan fingerprint density at radius 3 is 2.03 bits per heavy atom. The van der Waals surface area contributed by atoms with Crippen LogP contribution in [0.2, 0.25) is 0 Å². The number of aromatic nitrogens is 2. The van der Waals surface area contributed by atoms with Crippen molar-refractivity contribution in [3.63, 3.8) is 0 Å². The minimum atomic E-state index is -3.72. The predicted molar refractivity (Wildman–Crippen MR) is 131 cm³/mol. The molecule has 0 aliphatic carbocycles. The normalized spacial score (nSPS) is 14.5. The molecule has 0 unspecified atom stereocenters. The van der Waals surface area contributed by atoms with E-state index in [1.54, 1.807) is 26.4 Å². The van der Waals surface area contributed by atoms with Crippen molar-refractivity contribution >= 4 is 15.8 Å². The fourth-order valence-electron chi connectivity index (χ4n) is 3.93. The molecule has 11 heteroatoms. The summed E-state index contributed by atoms with van der Waals surface area (Å²) in [4.78, 5) is 2.14. The average molecular weight is 501 g/mol. The molecular formula is C24H28N4O6S. The number of sulfonamides is 1. The third-order valence-corrected chi connectivity index (χ3v) is 7.82. The number of nitrogens with zero attached hydrogens (tertiary/aromatic N) is 4. The summed E-state index contributed by atoms with van der Waals surface area (Å²) in [6, 6.07) is 14.0. The van der Waals surface area contributed by atoms with E-state index in [0.29, 0.717) is 54.9 Å². The minimum absolute atomic E-state index is 0.119. The van der Waals surface area contributed by atoms with Crippen LogP contribution >= 0.6 is 0 Å². The summed E-state index contributed by atoms with van der Waals surface area (Å²) in [5, 5.41) is 8.73. The monoisotopic (exact) mass is 500 g/mol. The van der Waals surface area contributed by atoms with Crippen molar-refractivity contribution in [3.8, 4) is 34.3 Å². The lowest BCUT2D eigenvalue weighted by Crippen LogP contribution is -2.49. The Morgan fingerprint density at radius 2 is 1.43 bits per heavy atom. The van der Waals surface area contributed by atoms with Gasteiger partial charge in [0.15, 0.2) is 17.3 Å².